The van der Waals surface area contributed by atoms with Crippen LogP contribution >= 0.6 is 0 Å². The topological polar surface area (TPSA) is 76.7 Å². The lowest BCUT2D eigenvalue weighted by Gasteiger charge is -2.03. The summed E-state index contributed by atoms with van der Waals surface area (Å²) >= 11 is 0. The third-order valence-electron chi connectivity index (χ3n) is 2.45. The van der Waals surface area contributed by atoms with E-state index in [1.165, 1.54) is 31.4 Å². The Kier molecular flexibility index (Phi) is 3.33. The summed E-state index contributed by atoms with van der Waals surface area (Å²) in [6, 6.07) is 6.01. The van der Waals surface area contributed by atoms with Crippen molar-refractivity contribution < 1.29 is 28.2 Å². The van der Waals surface area contributed by atoms with E-state index in [4.69, 9.17) is 14.3 Å². The van der Waals surface area contributed by atoms with E-state index in [0.717, 1.165) is 6.07 Å². The quantitative estimate of drug-likeness (QED) is 0.858. The highest BCUT2D eigenvalue weighted by molar-refractivity contribution is 6.07. The molecular weight excluding hydrogens is 255 g/mol. The number of ether oxygens (including phenoxy) is 1. The van der Waals surface area contributed by atoms with Crippen LogP contribution in [0.25, 0.3) is 0 Å². The van der Waals surface area contributed by atoms with Gasteiger partial charge in [0.1, 0.15) is 0 Å². The molecule has 0 amide bonds. The summed E-state index contributed by atoms with van der Waals surface area (Å²) in [5, 5.41) is 8.69. The largest absolute Gasteiger partial charge is 0.494 e. The second kappa shape index (κ2) is 4.93. The number of methoxy groups -OCH3 is 1. The van der Waals surface area contributed by atoms with E-state index in [1.54, 1.807) is 0 Å². The third-order valence-corrected chi connectivity index (χ3v) is 2.45. The van der Waals surface area contributed by atoms with Crippen molar-refractivity contribution in [1.82, 2.24) is 0 Å². The molecule has 0 aliphatic heterocycles. The third kappa shape index (κ3) is 2.47. The fraction of sp³-hybridized carbons (Fsp3) is 0.0769. The van der Waals surface area contributed by atoms with E-state index in [1.807, 2.05) is 0 Å². The van der Waals surface area contributed by atoms with Gasteiger partial charge in [-0.15, -0.1) is 0 Å². The fourth-order valence-corrected chi connectivity index (χ4v) is 1.52. The monoisotopic (exact) mass is 264 g/mol. The highest BCUT2D eigenvalue weighted by atomic mass is 19.1. The van der Waals surface area contributed by atoms with Crippen molar-refractivity contribution in [1.29, 1.82) is 0 Å². The first-order valence-corrected chi connectivity index (χ1v) is 5.24. The molecule has 1 heterocycles. The first-order valence-electron chi connectivity index (χ1n) is 5.24. The zero-order chi connectivity index (χ0) is 14.0. The lowest BCUT2D eigenvalue weighted by atomic mass is 10.1. The Morgan fingerprint density at radius 3 is 2.47 bits per heavy atom. The molecular formula is C13H9FO5. The van der Waals surface area contributed by atoms with E-state index in [9.17, 15) is 14.0 Å². The number of carbonyl (C=O) groups is 2. The number of carboxylic acids is 1. The van der Waals surface area contributed by atoms with E-state index >= 15 is 0 Å². The summed E-state index contributed by atoms with van der Waals surface area (Å²) in [6.45, 7) is 0. The number of rotatable bonds is 4. The van der Waals surface area contributed by atoms with Crippen LogP contribution in [-0.2, 0) is 0 Å². The zero-order valence-electron chi connectivity index (χ0n) is 9.84. The first kappa shape index (κ1) is 12.8. The number of benzene rings is 1. The molecule has 0 aliphatic carbocycles. The molecule has 5 nitrogen and oxygen atoms in total. The van der Waals surface area contributed by atoms with Gasteiger partial charge < -0.3 is 14.3 Å². The maximum Gasteiger partial charge on any atom is 0.371 e. The second-order valence-electron chi connectivity index (χ2n) is 3.65. The Morgan fingerprint density at radius 1 is 1.21 bits per heavy atom. The summed E-state index contributed by atoms with van der Waals surface area (Å²) in [7, 11) is 1.28. The van der Waals surface area contributed by atoms with E-state index in [2.05, 4.69) is 0 Å². The molecule has 19 heavy (non-hydrogen) atoms. The minimum atomic E-state index is -1.27. The predicted molar refractivity (Wildman–Crippen MR) is 62.1 cm³/mol. The van der Waals surface area contributed by atoms with Crippen molar-refractivity contribution in [3.05, 3.63) is 53.2 Å². The molecule has 0 spiro atoms. The summed E-state index contributed by atoms with van der Waals surface area (Å²) in [6.07, 6.45) is 0. The van der Waals surface area contributed by atoms with Crippen LogP contribution in [-0.4, -0.2) is 24.0 Å². The SMILES string of the molecule is COc1cc(C(=O)c2ccc(C(=O)O)o2)ccc1F. The van der Waals surface area contributed by atoms with Crippen molar-refractivity contribution in [2.45, 2.75) is 0 Å². The van der Waals surface area contributed by atoms with Gasteiger partial charge in [-0.05, 0) is 30.3 Å². The van der Waals surface area contributed by atoms with Gasteiger partial charge in [0.25, 0.3) is 0 Å². The minimum absolute atomic E-state index is 0.0733. The van der Waals surface area contributed by atoms with Gasteiger partial charge in [0.2, 0.25) is 11.5 Å². The lowest BCUT2D eigenvalue weighted by molar-refractivity contribution is 0.0660. The van der Waals surface area contributed by atoms with Gasteiger partial charge in [0.05, 0.1) is 7.11 Å². The average Bonchev–Trinajstić information content (AvgIpc) is 2.88. The maximum atomic E-state index is 13.2. The summed E-state index contributed by atoms with van der Waals surface area (Å²) in [5.74, 6) is -2.95. The number of ketones is 1. The van der Waals surface area contributed by atoms with E-state index in [-0.39, 0.29) is 22.8 Å². The first-order chi connectivity index (χ1) is 9.02. The number of hydrogen-bond donors (Lipinski definition) is 1. The predicted octanol–water partition coefficient (Wildman–Crippen LogP) is 2.36. The van der Waals surface area contributed by atoms with Crippen LogP contribution < -0.4 is 4.74 Å². The second-order valence-corrected chi connectivity index (χ2v) is 3.65. The Morgan fingerprint density at radius 2 is 1.89 bits per heavy atom. The maximum absolute atomic E-state index is 13.2. The van der Waals surface area contributed by atoms with Gasteiger partial charge in [-0.1, -0.05) is 0 Å². The molecule has 2 rings (SSSR count). The standard InChI is InChI=1S/C13H9FO5/c1-18-11-6-7(2-3-8(11)14)12(15)9-4-5-10(19-9)13(16)17/h2-6H,1H3,(H,16,17). The zero-order valence-corrected chi connectivity index (χ0v) is 9.84. The van der Waals surface area contributed by atoms with Gasteiger partial charge in [0.15, 0.2) is 17.3 Å². The molecule has 0 fully saturated rings. The molecule has 0 saturated heterocycles. The molecule has 0 atom stereocenters. The molecule has 2 aromatic rings. The number of hydrogen-bond acceptors (Lipinski definition) is 4. The molecule has 1 aromatic carbocycles. The molecule has 98 valence electrons. The fourth-order valence-electron chi connectivity index (χ4n) is 1.52. The smallest absolute Gasteiger partial charge is 0.371 e. The number of aromatic carboxylic acids is 1. The Labute approximate surface area is 107 Å². The van der Waals surface area contributed by atoms with Crippen molar-refractivity contribution in [3.8, 4) is 5.75 Å². The summed E-state index contributed by atoms with van der Waals surface area (Å²) < 4.78 is 22.9. The summed E-state index contributed by atoms with van der Waals surface area (Å²) in [4.78, 5) is 22.6. The van der Waals surface area contributed by atoms with Gasteiger partial charge in [-0.2, -0.15) is 0 Å². The Balaban J connectivity index is 2.35. The van der Waals surface area contributed by atoms with Crippen LogP contribution in [0, 0.1) is 5.82 Å². The highest BCUT2D eigenvalue weighted by Crippen LogP contribution is 2.21. The van der Waals surface area contributed by atoms with Crippen LogP contribution in [0.1, 0.15) is 26.7 Å². The molecule has 0 aliphatic rings. The molecule has 6 heteroatoms. The molecule has 0 saturated carbocycles. The molecule has 1 N–H and O–H groups in total. The normalized spacial score (nSPS) is 10.2. The van der Waals surface area contributed by atoms with Crippen LogP contribution in [0.4, 0.5) is 4.39 Å². The van der Waals surface area contributed by atoms with Crippen LogP contribution in [0.15, 0.2) is 34.7 Å². The van der Waals surface area contributed by atoms with Gasteiger partial charge in [0, 0.05) is 5.56 Å². The minimum Gasteiger partial charge on any atom is -0.494 e. The van der Waals surface area contributed by atoms with Gasteiger partial charge in [-0.3, -0.25) is 4.79 Å². The molecule has 0 radical (unpaired) electrons. The number of carbonyl (C=O) groups excluding carboxylic acids is 1. The number of halogens is 1. The number of carboxylic acid groups (broad SMARTS) is 1. The van der Waals surface area contributed by atoms with Crippen molar-refractivity contribution >= 4 is 11.8 Å². The highest BCUT2D eigenvalue weighted by Gasteiger charge is 2.18. The van der Waals surface area contributed by atoms with E-state index < -0.39 is 17.6 Å². The van der Waals surface area contributed by atoms with E-state index in [0.29, 0.717) is 0 Å². The average molecular weight is 264 g/mol. The van der Waals surface area contributed by atoms with Crippen LogP contribution in [0.3, 0.4) is 0 Å². The number of furan rings is 1. The van der Waals surface area contributed by atoms with Crippen molar-refractivity contribution in [3.63, 3.8) is 0 Å². The summed E-state index contributed by atoms with van der Waals surface area (Å²) in [5.41, 5.74) is 0.143. The van der Waals surface area contributed by atoms with Crippen LogP contribution in [0.2, 0.25) is 0 Å². The Hall–Kier alpha value is -2.63. The molecule has 1 aromatic heterocycles. The Bertz CT molecular complexity index is 644. The van der Waals surface area contributed by atoms with Gasteiger partial charge >= 0.3 is 5.97 Å². The van der Waals surface area contributed by atoms with Crippen molar-refractivity contribution in [2.24, 2.45) is 0 Å². The molecule has 0 unspecified atom stereocenters. The molecule has 0 bridgehead atoms. The van der Waals surface area contributed by atoms with Crippen LogP contribution in [0.5, 0.6) is 5.75 Å². The van der Waals surface area contributed by atoms with Crippen molar-refractivity contribution in [2.75, 3.05) is 7.11 Å². The lowest BCUT2D eigenvalue weighted by Crippen LogP contribution is -2.01. The van der Waals surface area contributed by atoms with Gasteiger partial charge in [-0.25, -0.2) is 9.18 Å².